The molecule has 1 saturated heterocycles. The summed E-state index contributed by atoms with van der Waals surface area (Å²) in [7, 11) is 0. The van der Waals surface area contributed by atoms with E-state index in [-0.39, 0.29) is 24.1 Å². The summed E-state index contributed by atoms with van der Waals surface area (Å²) in [6, 6.07) is 1.13. The summed E-state index contributed by atoms with van der Waals surface area (Å²) >= 11 is 0. The molecule has 1 aliphatic heterocycles. The number of hydrogen-bond donors (Lipinski definition) is 2. The van der Waals surface area contributed by atoms with Crippen LogP contribution in [0.4, 0.5) is 0 Å². The lowest BCUT2D eigenvalue weighted by Crippen LogP contribution is -2.55. The van der Waals surface area contributed by atoms with E-state index in [1.165, 1.54) is 6.07 Å². The van der Waals surface area contributed by atoms with Gasteiger partial charge in [0, 0.05) is 25.8 Å². The van der Waals surface area contributed by atoms with E-state index in [4.69, 9.17) is 9.26 Å². The largest absolute Gasteiger partial charge is 0.389 e. The second kappa shape index (κ2) is 8.07. The van der Waals surface area contributed by atoms with Crippen molar-refractivity contribution in [3.63, 3.8) is 0 Å². The number of likely N-dealkylation sites (tertiary alicyclic amines) is 1. The highest BCUT2D eigenvalue weighted by Crippen LogP contribution is 2.13. The zero-order valence-electron chi connectivity index (χ0n) is 13.4. The Morgan fingerprint density at radius 3 is 2.96 bits per heavy atom. The van der Waals surface area contributed by atoms with Crippen molar-refractivity contribution in [3.05, 3.63) is 17.5 Å². The number of carbonyl (C=O) groups is 2. The maximum absolute atomic E-state index is 12.0. The molecule has 0 bridgehead atoms. The van der Waals surface area contributed by atoms with Gasteiger partial charge in [-0.1, -0.05) is 5.16 Å². The SMILES string of the molecule is CCOCCC(=O)N1CC[C@@H](NC(=O)c2cc(C)on2)[C@H](O)C1. The molecule has 1 aromatic rings. The molecule has 0 radical (unpaired) electrons. The summed E-state index contributed by atoms with van der Waals surface area (Å²) in [5.74, 6) is 0.113. The Hall–Kier alpha value is -1.93. The van der Waals surface area contributed by atoms with Gasteiger partial charge in [-0.05, 0) is 20.3 Å². The third-order valence-corrected chi connectivity index (χ3v) is 3.78. The molecule has 23 heavy (non-hydrogen) atoms. The van der Waals surface area contributed by atoms with Gasteiger partial charge in [-0.3, -0.25) is 9.59 Å². The van der Waals surface area contributed by atoms with Crippen molar-refractivity contribution < 1.29 is 24.0 Å². The van der Waals surface area contributed by atoms with Gasteiger partial charge in [0.15, 0.2) is 5.69 Å². The molecule has 2 atom stereocenters. The van der Waals surface area contributed by atoms with Crippen LogP contribution in [0.25, 0.3) is 0 Å². The molecule has 0 saturated carbocycles. The number of aryl methyl sites for hydroxylation is 1. The number of amides is 2. The molecule has 0 aromatic carbocycles. The maximum atomic E-state index is 12.0. The average Bonchev–Trinajstić information content (AvgIpc) is 2.96. The topological polar surface area (TPSA) is 105 Å². The van der Waals surface area contributed by atoms with Crippen molar-refractivity contribution in [2.75, 3.05) is 26.3 Å². The quantitative estimate of drug-likeness (QED) is 0.719. The fraction of sp³-hybridized carbons (Fsp3) is 0.667. The number of aromatic nitrogens is 1. The molecule has 8 heteroatoms. The van der Waals surface area contributed by atoms with Crippen molar-refractivity contribution in [3.8, 4) is 0 Å². The first-order valence-electron chi connectivity index (χ1n) is 7.79. The van der Waals surface area contributed by atoms with E-state index in [9.17, 15) is 14.7 Å². The summed E-state index contributed by atoms with van der Waals surface area (Å²) in [6.07, 6.45) is -0.0170. The van der Waals surface area contributed by atoms with Gasteiger partial charge in [0.05, 0.1) is 25.2 Å². The molecule has 0 unspecified atom stereocenters. The third-order valence-electron chi connectivity index (χ3n) is 3.78. The number of nitrogens with zero attached hydrogens (tertiary/aromatic N) is 2. The zero-order chi connectivity index (χ0) is 16.8. The van der Waals surface area contributed by atoms with Crippen LogP contribution in [0.15, 0.2) is 10.6 Å². The number of rotatable bonds is 6. The summed E-state index contributed by atoms with van der Waals surface area (Å²) in [5.41, 5.74) is 0.185. The highest BCUT2D eigenvalue weighted by molar-refractivity contribution is 5.92. The van der Waals surface area contributed by atoms with Gasteiger partial charge in [0.25, 0.3) is 5.91 Å². The van der Waals surface area contributed by atoms with Gasteiger partial charge in [0.1, 0.15) is 5.76 Å². The van der Waals surface area contributed by atoms with E-state index in [1.807, 2.05) is 6.92 Å². The Morgan fingerprint density at radius 2 is 2.35 bits per heavy atom. The molecule has 2 amide bonds. The van der Waals surface area contributed by atoms with Crippen molar-refractivity contribution in [2.45, 2.75) is 38.8 Å². The minimum atomic E-state index is -0.809. The fourth-order valence-corrected chi connectivity index (χ4v) is 2.50. The van der Waals surface area contributed by atoms with E-state index in [0.717, 1.165) is 0 Å². The molecule has 0 spiro atoms. The van der Waals surface area contributed by atoms with Crippen molar-refractivity contribution in [1.82, 2.24) is 15.4 Å². The predicted octanol–water partition coefficient (Wildman–Crippen LogP) is 0.101. The normalized spacial score (nSPS) is 21.3. The summed E-state index contributed by atoms with van der Waals surface area (Å²) in [5, 5.41) is 16.6. The lowest BCUT2D eigenvalue weighted by atomic mass is 10.0. The number of piperidine rings is 1. The Morgan fingerprint density at radius 1 is 1.57 bits per heavy atom. The van der Waals surface area contributed by atoms with Crippen LogP contribution in [0.5, 0.6) is 0 Å². The van der Waals surface area contributed by atoms with Crippen LogP contribution in [0, 0.1) is 6.92 Å². The molecule has 2 heterocycles. The van der Waals surface area contributed by atoms with Crippen LogP contribution >= 0.6 is 0 Å². The Bertz CT molecular complexity index is 545. The Balaban J connectivity index is 1.81. The van der Waals surface area contributed by atoms with Crippen LogP contribution in [0.3, 0.4) is 0 Å². The molecule has 0 aliphatic carbocycles. The number of aliphatic hydroxyl groups excluding tert-OH is 1. The molecule has 2 rings (SSSR count). The minimum absolute atomic E-state index is 0.0468. The van der Waals surface area contributed by atoms with Crippen LogP contribution in [0.1, 0.15) is 36.0 Å². The van der Waals surface area contributed by atoms with Crippen LogP contribution < -0.4 is 5.32 Å². The average molecular weight is 325 g/mol. The van der Waals surface area contributed by atoms with Gasteiger partial charge < -0.3 is 24.6 Å². The second-order valence-electron chi connectivity index (χ2n) is 5.55. The number of carbonyl (C=O) groups excluding carboxylic acids is 2. The maximum Gasteiger partial charge on any atom is 0.273 e. The standard InChI is InChI=1S/C15H23N3O5/c1-3-22-7-5-14(20)18-6-4-11(13(19)9-18)16-15(21)12-8-10(2)23-17-12/h8,11,13,19H,3-7,9H2,1-2H3,(H,16,21)/t11-,13-/m1/s1. The first kappa shape index (κ1) is 17.4. The van der Waals surface area contributed by atoms with Gasteiger partial charge in [-0.2, -0.15) is 0 Å². The van der Waals surface area contributed by atoms with Gasteiger partial charge in [-0.15, -0.1) is 0 Å². The molecular weight excluding hydrogens is 302 g/mol. The number of hydrogen-bond acceptors (Lipinski definition) is 6. The van der Waals surface area contributed by atoms with Crippen LogP contribution in [-0.2, 0) is 9.53 Å². The van der Waals surface area contributed by atoms with E-state index >= 15 is 0 Å². The molecule has 8 nitrogen and oxygen atoms in total. The minimum Gasteiger partial charge on any atom is -0.389 e. The first-order valence-corrected chi connectivity index (χ1v) is 7.79. The molecular formula is C15H23N3O5. The molecule has 2 N–H and O–H groups in total. The fourth-order valence-electron chi connectivity index (χ4n) is 2.50. The predicted molar refractivity (Wildman–Crippen MR) is 80.8 cm³/mol. The molecule has 1 fully saturated rings. The molecule has 1 aliphatic rings. The molecule has 1 aromatic heterocycles. The van der Waals surface area contributed by atoms with Gasteiger partial charge in [-0.25, -0.2) is 0 Å². The van der Waals surface area contributed by atoms with E-state index in [2.05, 4.69) is 10.5 Å². The summed E-state index contributed by atoms with van der Waals surface area (Å²) < 4.78 is 10.0. The lowest BCUT2D eigenvalue weighted by molar-refractivity contribution is -0.135. The highest BCUT2D eigenvalue weighted by atomic mass is 16.5. The highest BCUT2D eigenvalue weighted by Gasteiger charge is 2.31. The Kier molecular flexibility index (Phi) is 6.12. The van der Waals surface area contributed by atoms with Gasteiger partial charge >= 0.3 is 0 Å². The summed E-state index contributed by atoms with van der Waals surface area (Å²) in [4.78, 5) is 25.6. The lowest BCUT2D eigenvalue weighted by Gasteiger charge is -2.36. The smallest absolute Gasteiger partial charge is 0.273 e. The van der Waals surface area contributed by atoms with Crippen molar-refractivity contribution in [1.29, 1.82) is 0 Å². The second-order valence-corrected chi connectivity index (χ2v) is 5.55. The van der Waals surface area contributed by atoms with Crippen LogP contribution in [0.2, 0.25) is 0 Å². The van der Waals surface area contributed by atoms with Crippen molar-refractivity contribution >= 4 is 11.8 Å². The summed E-state index contributed by atoms with van der Waals surface area (Å²) in [6.45, 7) is 5.22. The monoisotopic (exact) mass is 325 g/mol. The zero-order valence-corrected chi connectivity index (χ0v) is 13.4. The Labute approximate surface area is 134 Å². The van der Waals surface area contributed by atoms with E-state index < -0.39 is 12.1 Å². The van der Waals surface area contributed by atoms with Crippen LogP contribution in [-0.4, -0.2) is 65.4 Å². The third kappa shape index (κ3) is 4.77. The number of β-amino-alcohol motifs (C(OH)–C–C–N with tert-alkyl or cyclic N) is 1. The first-order chi connectivity index (χ1) is 11.0. The number of nitrogens with one attached hydrogen (secondary N) is 1. The van der Waals surface area contributed by atoms with E-state index in [1.54, 1.807) is 11.8 Å². The number of ether oxygens (including phenoxy) is 1. The van der Waals surface area contributed by atoms with E-state index in [0.29, 0.717) is 38.4 Å². The van der Waals surface area contributed by atoms with Gasteiger partial charge in [0.2, 0.25) is 5.91 Å². The van der Waals surface area contributed by atoms with Crippen molar-refractivity contribution in [2.24, 2.45) is 0 Å². The number of aliphatic hydroxyl groups is 1. The molecule has 128 valence electrons.